The van der Waals surface area contributed by atoms with Crippen LogP contribution in [0.5, 0.6) is 0 Å². The molecule has 0 atom stereocenters. The summed E-state index contributed by atoms with van der Waals surface area (Å²) in [5, 5.41) is 0. The summed E-state index contributed by atoms with van der Waals surface area (Å²) in [4.78, 5) is 27.4. The number of rotatable bonds is 4. The highest BCUT2D eigenvalue weighted by Crippen LogP contribution is 2.15. The summed E-state index contributed by atoms with van der Waals surface area (Å²) in [5.74, 6) is 0.343. The minimum atomic E-state index is -0.220. The number of aromatic nitrogens is 2. The highest BCUT2D eigenvalue weighted by atomic mass is 16.1. The Morgan fingerprint density at radius 1 is 1.21 bits per heavy atom. The molecule has 98 valence electrons. The molecule has 2 aromatic rings. The Morgan fingerprint density at radius 2 is 1.89 bits per heavy atom. The number of ketones is 1. The molecule has 0 spiro atoms. The van der Waals surface area contributed by atoms with Crippen molar-refractivity contribution in [2.75, 3.05) is 0 Å². The molecule has 0 N–H and O–H groups in total. The second-order valence-electron chi connectivity index (χ2n) is 4.75. The maximum Gasteiger partial charge on any atom is 0.253 e. The lowest BCUT2D eigenvalue weighted by molar-refractivity contribution is 0.0970. The van der Waals surface area contributed by atoms with E-state index in [0.717, 1.165) is 0 Å². The Morgan fingerprint density at radius 3 is 2.47 bits per heavy atom. The first-order valence-electron chi connectivity index (χ1n) is 6.21. The standard InChI is InChI=1S/C15H16N2O2/c1-11(2)12-3-5-13(6-4-12)14(18)9-17-10-16-8-7-15(17)19/h3-8,10-11H,9H2,1-2H3. The van der Waals surface area contributed by atoms with E-state index < -0.39 is 0 Å². The van der Waals surface area contributed by atoms with Crippen molar-refractivity contribution >= 4 is 5.78 Å². The average molecular weight is 256 g/mol. The van der Waals surface area contributed by atoms with Gasteiger partial charge in [0.05, 0.1) is 12.9 Å². The Hall–Kier alpha value is -2.23. The second-order valence-corrected chi connectivity index (χ2v) is 4.75. The topological polar surface area (TPSA) is 52.0 Å². The van der Waals surface area contributed by atoms with E-state index in [1.807, 2.05) is 12.1 Å². The quantitative estimate of drug-likeness (QED) is 0.788. The lowest BCUT2D eigenvalue weighted by Gasteiger charge is -2.07. The van der Waals surface area contributed by atoms with E-state index in [1.165, 1.54) is 28.7 Å². The van der Waals surface area contributed by atoms with Crippen LogP contribution in [0.2, 0.25) is 0 Å². The van der Waals surface area contributed by atoms with E-state index in [-0.39, 0.29) is 17.9 Å². The van der Waals surface area contributed by atoms with Crippen LogP contribution < -0.4 is 5.56 Å². The molecule has 0 amide bonds. The van der Waals surface area contributed by atoms with Gasteiger partial charge in [0.15, 0.2) is 5.78 Å². The summed E-state index contributed by atoms with van der Waals surface area (Å²) in [6.07, 6.45) is 2.80. The monoisotopic (exact) mass is 256 g/mol. The predicted octanol–water partition coefficient (Wildman–Crippen LogP) is 2.25. The molecule has 0 bridgehead atoms. The lowest BCUT2D eigenvalue weighted by atomic mass is 10.0. The molecule has 1 heterocycles. The van der Waals surface area contributed by atoms with Crippen LogP contribution in [0, 0.1) is 0 Å². The molecule has 4 heteroatoms. The molecule has 0 saturated carbocycles. The second kappa shape index (κ2) is 5.61. The smallest absolute Gasteiger partial charge is 0.253 e. The van der Waals surface area contributed by atoms with Crippen LogP contribution in [-0.4, -0.2) is 15.3 Å². The van der Waals surface area contributed by atoms with E-state index in [9.17, 15) is 9.59 Å². The molecule has 2 rings (SSSR count). The molecule has 1 aromatic carbocycles. The highest BCUT2D eigenvalue weighted by Gasteiger charge is 2.08. The van der Waals surface area contributed by atoms with Crippen LogP contribution in [0.1, 0.15) is 35.7 Å². The molecule has 1 aromatic heterocycles. The van der Waals surface area contributed by atoms with Crippen molar-refractivity contribution in [2.45, 2.75) is 26.3 Å². The van der Waals surface area contributed by atoms with Crippen LogP contribution in [-0.2, 0) is 6.54 Å². The Labute approximate surface area is 111 Å². The van der Waals surface area contributed by atoms with Gasteiger partial charge in [-0.15, -0.1) is 0 Å². The van der Waals surface area contributed by atoms with E-state index in [1.54, 1.807) is 12.1 Å². The fourth-order valence-electron chi connectivity index (χ4n) is 1.80. The van der Waals surface area contributed by atoms with Gasteiger partial charge < -0.3 is 0 Å². The number of Topliss-reactive ketones (excluding diaryl/α,β-unsaturated/α-hetero) is 1. The third-order valence-electron chi connectivity index (χ3n) is 3.01. The Balaban J connectivity index is 2.17. The van der Waals surface area contributed by atoms with E-state index in [4.69, 9.17) is 0 Å². The first kappa shape index (κ1) is 13.2. The third-order valence-corrected chi connectivity index (χ3v) is 3.01. The molecule has 0 aliphatic heterocycles. The molecule has 19 heavy (non-hydrogen) atoms. The van der Waals surface area contributed by atoms with Crippen LogP contribution in [0.4, 0.5) is 0 Å². The van der Waals surface area contributed by atoms with Gasteiger partial charge in [-0.1, -0.05) is 38.1 Å². The first-order valence-corrected chi connectivity index (χ1v) is 6.21. The maximum absolute atomic E-state index is 12.1. The zero-order valence-electron chi connectivity index (χ0n) is 11.0. The molecule has 0 unspecified atom stereocenters. The van der Waals surface area contributed by atoms with Crippen molar-refractivity contribution in [1.82, 2.24) is 9.55 Å². The maximum atomic E-state index is 12.1. The van der Waals surface area contributed by atoms with Crippen LogP contribution in [0.25, 0.3) is 0 Å². The summed E-state index contributed by atoms with van der Waals surface area (Å²) >= 11 is 0. The van der Waals surface area contributed by atoms with E-state index in [0.29, 0.717) is 11.5 Å². The number of carbonyl (C=O) groups is 1. The molecular weight excluding hydrogens is 240 g/mol. The molecule has 0 fully saturated rings. The Bertz CT molecular complexity index is 627. The predicted molar refractivity (Wildman–Crippen MR) is 73.4 cm³/mol. The molecule has 0 aliphatic carbocycles. The van der Waals surface area contributed by atoms with Crippen molar-refractivity contribution in [3.05, 3.63) is 64.3 Å². The highest BCUT2D eigenvalue weighted by molar-refractivity contribution is 5.95. The average Bonchev–Trinajstić information content (AvgIpc) is 2.41. The minimum Gasteiger partial charge on any atom is -0.292 e. The van der Waals surface area contributed by atoms with Gasteiger partial charge >= 0.3 is 0 Å². The molecule has 0 radical (unpaired) electrons. The van der Waals surface area contributed by atoms with Gasteiger partial charge in [-0.2, -0.15) is 0 Å². The first-order chi connectivity index (χ1) is 9.08. The number of nitrogens with zero attached hydrogens (tertiary/aromatic N) is 2. The van der Waals surface area contributed by atoms with Gasteiger partial charge in [-0.25, -0.2) is 4.98 Å². The summed E-state index contributed by atoms with van der Waals surface area (Å²) < 4.78 is 1.30. The van der Waals surface area contributed by atoms with Crippen molar-refractivity contribution < 1.29 is 4.79 Å². The third kappa shape index (κ3) is 3.16. The van der Waals surface area contributed by atoms with Gasteiger partial charge in [0, 0.05) is 17.8 Å². The van der Waals surface area contributed by atoms with Crippen molar-refractivity contribution in [3.8, 4) is 0 Å². The minimum absolute atomic E-state index is 0.0215. The van der Waals surface area contributed by atoms with Gasteiger partial charge in [-0.05, 0) is 11.5 Å². The van der Waals surface area contributed by atoms with E-state index in [2.05, 4.69) is 18.8 Å². The summed E-state index contributed by atoms with van der Waals surface area (Å²) in [5.41, 5.74) is 1.58. The van der Waals surface area contributed by atoms with Crippen LogP contribution >= 0.6 is 0 Å². The molecule has 0 saturated heterocycles. The van der Waals surface area contributed by atoms with Crippen molar-refractivity contribution in [1.29, 1.82) is 0 Å². The van der Waals surface area contributed by atoms with Gasteiger partial charge in [-0.3, -0.25) is 14.2 Å². The zero-order chi connectivity index (χ0) is 13.8. The largest absolute Gasteiger partial charge is 0.292 e. The number of hydrogen-bond acceptors (Lipinski definition) is 3. The van der Waals surface area contributed by atoms with Crippen LogP contribution in [0.3, 0.4) is 0 Å². The van der Waals surface area contributed by atoms with Crippen molar-refractivity contribution in [2.24, 2.45) is 0 Å². The lowest BCUT2D eigenvalue weighted by Crippen LogP contribution is -2.23. The fraction of sp³-hybridized carbons (Fsp3) is 0.267. The SMILES string of the molecule is CC(C)c1ccc(C(=O)Cn2cnccc2=O)cc1. The Kier molecular flexibility index (Phi) is 3.90. The number of hydrogen-bond donors (Lipinski definition) is 0. The summed E-state index contributed by atoms with van der Waals surface area (Å²) in [6, 6.07) is 8.85. The summed E-state index contributed by atoms with van der Waals surface area (Å²) in [6.45, 7) is 4.23. The van der Waals surface area contributed by atoms with E-state index >= 15 is 0 Å². The summed E-state index contributed by atoms with van der Waals surface area (Å²) in [7, 11) is 0. The molecule has 0 aliphatic rings. The van der Waals surface area contributed by atoms with Crippen molar-refractivity contribution in [3.63, 3.8) is 0 Å². The number of carbonyl (C=O) groups excluding carboxylic acids is 1. The number of benzene rings is 1. The van der Waals surface area contributed by atoms with Crippen LogP contribution in [0.15, 0.2) is 47.7 Å². The normalized spacial score (nSPS) is 10.7. The zero-order valence-corrected chi connectivity index (χ0v) is 11.0. The fourth-order valence-corrected chi connectivity index (χ4v) is 1.80. The molecule has 4 nitrogen and oxygen atoms in total. The van der Waals surface area contributed by atoms with Gasteiger partial charge in [0.2, 0.25) is 0 Å². The van der Waals surface area contributed by atoms with Gasteiger partial charge in [0.1, 0.15) is 0 Å². The molecular formula is C15H16N2O2. The van der Waals surface area contributed by atoms with Gasteiger partial charge in [0.25, 0.3) is 5.56 Å².